The van der Waals surface area contributed by atoms with Crippen molar-refractivity contribution in [3.8, 4) is 5.75 Å². The zero-order valence-corrected chi connectivity index (χ0v) is 16.5. The first-order valence-electron chi connectivity index (χ1n) is 9.18. The Morgan fingerprint density at radius 3 is 2.55 bits per heavy atom. The Hall–Kier alpha value is -3.42. The molecule has 1 aliphatic heterocycles. The van der Waals surface area contributed by atoms with Crippen molar-refractivity contribution in [1.29, 1.82) is 0 Å². The molecule has 4 rings (SSSR count). The maximum Gasteiger partial charge on any atom is 0.339 e. The van der Waals surface area contributed by atoms with Crippen LogP contribution in [0, 0.1) is 0 Å². The van der Waals surface area contributed by atoms with Crippen LogP contribution in [0.15, 0.2) is 36.5 Å². The third-order valence-corrected chi connectivity index (χ3v) is 5.73. The van der Waals surface area contributed by atoms with Crippen LogP contribution in [0.1, 0.15) is 27.2 Å². The molecule has 0 N–H and O–H groups in total. The van der Waals surface area contributed by atoms with E-state index in [4.69, 9.17) is 9.47 Å². The van der Waals surface area contributed by atoms with E-state index in [1.165, 1.54) is 23.1 Å². The molecule has 1 aromatic heterocycles. The second-order valence-electron chi connectivity index (χ2n) is 7.29. The van der Waals surface area contributed by atoms with Gasteiger partial charge < -0.3 is 14.4 Å². The summed E-state index contributed by atoms with van der Waals surface area (Å²) in [5, 5.41) is 0. The molecule has 0 saturated carbocycles. The van der Waals surface area contributed by atoms with Crippen molar-refractivity contribution >= 4 is 17.9 Å². The maximum atomic E-state index is 13.3. The molecule has 1 aromatic carbocycles. The molecule has 8 heteroatoms. The van der Waals surface area contributed by atoms with E-state index < -0.39 is 11.5 Å². The zero-order valence-electron chi connectivity index (χ0n) is 16.5. The Bertz CT molecular complexity index is 1000. The number of likely N-dealkylation sites (N-methyl/N-ethyl adjacent to an activating group) is 1. The van der Waals surface area contributed by atoms with E-state index in [0.717, 1.165) is 16.8 Å². The summed E-state index contributed by atoms with van der Waals surface area (Å²) in [5.41, 5.74) is 1.66. The number of pyridine rings is 1. The van der Waals surface area contributed by atoms with E-state index in [2.05, 4.69) is 4.98 Å². The number of aromatic nitrogens is 1. The number of rotatable bonds is 4. The number of esters is 1. The first-order chi connectivity index (χ1) is 13.9. The van der Waals surface area contributed by atoms with E-state index in [-0.39, 0.29) is 18.5 Å². The number of amides is 3. The van der Waals surface area contributed by atoms with Crippen LogP contribution in [-0.4, -0.2) is 59.5 Å². The first-order valence-corrected chi connectivity index (χ1v) is 9.18. The van der Waals surface area contributed by atoms with Crippen LogP contribution in [0.4, 0.5) is 4.79 Å². The Morgan fingerprint density at radius 2 is 1.90 bits per heavy atom. The average Bonchev–Trinajstić information content (AvgIpc) is 3.21. The van der Waals surface area contributed by atoms with Crippen LogP contribution in [0.3, 0.4) is 0 Å². The van der Waals surface area contributed by atoms with E-state index in [0.29, 0.717) is 24.2 Å². The molecular formula is C21H21N3O5. The molecule has 8 nitrogen and oxygen atoms in total. The van der Waals surface area contributed by atoms with Gasteiger partial charge in [-0.1, -0.05) is 12.1 Å². The summed E-state index contributed by atoms with van der Waals surface area (Å²) in [6.45, 7) is 0.185. The monoisotopic (exact) mass is 395 g/mol. The van der Waals surface area contributed by atoms with Gasteiger partial charge >= 0.3 is 12.0 Å². The molecule has 2 heterocycles. The van der Waals surface area contributed by atoms with Crippen molar-refractivity contribution in [2.24, 2.45) is 0 Å². The van der Waals surface area contributed by atoms with E-state index in [9.17, 15) is 14.4 Å². The van der Waals surface area contributed by atoms with E-state index in [1.54, 1.807) is 32.4 Å². The van der Waals surface area contributed by atoms with Crippen molar-refractivity contribution in [2.75, 3.05) is 21.3 Å². The average molecular weight is 395 g/mol. The standard InChI is InChI=1S/C21H21N3O5/c1-23-20(27)24(12-13-4-6-16(28-2)7-5-13)19(26)21(23)9-14-8-15(18(25)29-3)11-22-17(14)10-21/h4-8,11H,9-10,12H2,1-3H3. The Labute approximate surface area is 168 Å². The highest BCUT2D eigenvalue weighted by Gasteiger charge is 2.58. The van der Waals surface area contributed by atoms with Crippen molar-refractivity contribution in [1.82, 2.24) is 14.8 Å². The number of imide groups is 1. The third kappa shape index (κ3) is 2.91. The van der Waals surface area contributed by atoms with Gasteiger partial charge in [-0.3, -0.25) is 14.7 Å². The van der Waals surface area contributed by atoms with Crippen LogP contribution >= 0.6 is 0 Å². The van der Waals surface area contributed by atoms with Gasteiger partial charge in [0, 0.05) is 31.8 Å². The number of nitrogens with zero attached hydrogens (tertiary/aromatic N) is 3. The first kappa shape index (κ1) is 18.9. The number of methoxy groups -OCH3 is 2. The molecule has 1 aliphatic carbocycles. The lowest BCUT2D eigenvalue weighted by Crippen LogP contribution is -2.48. The lowest BCUT2D eigenvalue weighted by atomic mass is 9.94. The second kappa shape index (κ2) is 6.88. The number of hydrogen-bond donors (Lipinski definition) is 0. The molecule has 0 bridgehead atoms. The normalized spacial score (nSPS) is 20.4. The molecular weight excluding hydrogens is 374 g/mol. The summed E-state index contributed by atoms with van der Waals surface area (Å²) in [4.78, 5) is 45.1. The molecule has 1 spiro atoms. The third-order valence-electron chi connectivity index (χ3n) is 5.73. The Morgan fingerprint density at radius 1 is 1.17 bits per heavy atom. The fraction of sp³-hybridized carbons (Fsp3) is 0.333. The number of carbonyl (C=O) groups excluding carboxylic acids is 3. The summed E-state index contributed by atoms with van der Waals surface area (Å²) in [7, 11) is 4.53. The Kier molecular flexibility index (Phi) is 4.49. The smallest absolute Gasteiger partial charge is 0.339 e. The predicted molar refractivity (Wildman–Crippen MR) is 102 cm³/mol. The number of ether oxygens (including phenoxy) is 2. The minimum Gasteiger partial charge on any atom is -0.497 e. The summed E-state index contributed by atoms with van der Waals surface area (Å²) >= 11 is 0. The zero-order chi connectivity index (χ0) is 20.8. The quantitative estimate of drug-likeness (QED) is 0.579. The lowest BCUT2D eigenvalue weighted by Gasteiger charge is -2.27. The molecule has 0 radical (unpaired) electrons. The number of fused-ring (bicyclic) bond motifs is 1. The fourth-order valence-electron chi connectivity index (χ4n) is 4.02. The van der Waals surface area contributed by atoms with Crippen molar-refractivity contribution in [3.63, 3.8) is 0 Å². The van der Waals surface area contributed by atoms with Crippen LogP contribution in [0.5, 0.6) is 5.75 Å². The molecule has 1 atom stereocenters. The minimum atomic E-state index is -1.01. The number of benzene rings is 1. The van der Waals surface area contributed by atoms with Crippen molar-refractivity contribution in [2.45, 2.75) is 24.9 Å². The van der Waals surface area contributed by atoms with Gasteiger partial charge in [0.25, 0.3) is 5.91 Å². The van der Waals surface area contributed by atoms with Crippen molar-refractivity contribution < 1.29 is 23.9 Å². The predicted octanol–water partition coefficient (Wildman–Crippen LogP) is 1.81. The van der Waals surface area contributed by atoms with Crippen LogP contribution in [-0.2, 0) is 28.9 Å². The molecule has 150 valence electrons. The summed E-state index contributed by atoms with van der Waals surface area (Å²) < 4.78 is 9.89. The lowest BCUT2D eigenvalue weighted by molar-refractivity contribution is -0.133. The molecule has 29 heavy (non-hydrogen) atoms. The molecule has 2 aromatic rings. The van der Waals surface area contributed by atoms with Crippen LogP contribution in [0.25, 0.3) is 0 Å². The molecule has 1 saturated heterocycles. The highest BCUT2D eigenvalue weighted by atomic mass is 16.5. The minimum absolute atomic E-state index is 0.185. The van der Waals surface area contributed by atoms with Gasteiger partial charge in [-0.05, 0) is 29.3 Å². The van der Waals surface area contributed by atoms with Gasteiger partial charge in [-0.15, -0.1) is 0 Å². The molecule has 2 aliphatic rings. The van der Waals surface area contributed by atoms with Gasteiger partial charge in [-0.2, -0.15) is 0 Å². The van der Waals surface area contributed by atoms with E-state index in [1.807, 2.05) is 12.1 Å². The second-order valence-corrected chi connectivity index (χ2v) is 7.29. The SMILES string of the molecule is COC(=O)c1cnc2c(c1)CC1(C2)C(=O)N(Cc2ccc(OC)cc2)C(=O)N1C. The van der Waals surface area contributed by atoms with Gasteiger partial charge in [-0.25, -0.2) is 9.59 Å². The number of carbonyl (C=O) groups is 3. The maximum absolute atomic E-state index is 13.3. The highest BCUT2D eigenvalue weighted by Crippen LogP contribution is 2.40. The van der Waals surface area contributed by atoms with Crippen LogP contribution < -0.4 is 4.74 Å². The molecule has 1 fully saturated rings. The van der Waals surface area contributed by atoms with Crippen LogP contribution in [0.2, 0.25) is 0 Å². The summed E-state index contributed by atoms with van der Waals surface area (Å²) in [6, 6.07) is 8.61. The van der Waals surface area contributed by atoms with Gasteiger partial charge in [0.1, 0.15) is 11.3 Å². The van der Waals surface area contributed by atoms with Gasteiger partial charge in [0.05, 0.1) is 26.3 Å². The van der Waals surface area contributed by atoms with Crippen molar-refractivity contribution in [3.05, 3.63) is 58.9 Å². The largest absolute Gasteiger partial charge is 0.497 e. The summed E-state index contributed by atoms with van der Waals surface area (Å²) in [6.07, 6.45) is 2.09. The molecule has 1 unspecified atom stereocenters. The topological polar surface area (TPSA) is 89.0 Å². The molecule has 3 amide bonds. The van der Waals surface area contributed by atoms with Gasteiger partial charge in [0.2, 0.25) is 0 Å². The fourth-order valence-corrected chi connectivity index (χ4v) is 4.02. The Balaban J connectivity index is 1.60. The van der Waals surface area contributed by atoms with Gasteiger partial charge in [0.15, 0.2) is 0 Å². The summed E-state index contributed by atoms with van der Waals surface area (Å²) in [5.74, 6) is -0.0249. The highest BCUT2D eigenvalue weighted by molar-refractivity contribution is 6.07. The number of hydrogen-bond acceptors (Lipinski definition) is 6. The number of urea groups is 1. The van der Waals surface area contributed by atoms with E-state index >= 15 is 0 Å².